The lowest BCUT2D eigenvalue weighted by molar-refractivity contribution is -0.119. The first kappa shape index (κ1) is 9.24. The molecule has 0 radical (unpaired) electrons. The zero-order chi connectivity index (χ0) is 10.1. The van der Waals surface area contributed by atoms with Crippen LogP contribution in [0.2, 0.25) is 0 Å². The van der Waals surface area contributed by atoms with Crippen LogP contribution < -0.4 is 5.32 Å². The lowest BCUT2D eigenvalue weighted by Gasteiger charge is -2.15. The fourth-order valence-corrected chi connectivity index (χ4v) is 2.07. The molecule has 14 heavy (non-hydrogen) atoms. The van der Waals surface area contributed by atoms with Gasteiger partial charge in [-0.25, -0.2) is 0 Å². The van der Waals surface area contributed by atoms with Crippen LogP contribution >= 0.6 is 0 Å². The maximum Gasteiger partial charge on any atom is 0.220 e. The molecule has 1 aliphatic heterocycles. The summed E-state index contributed by atoms with van der Waals surface area (Å²) in [7, 11) is 0. The number of amides is 1. The molecule has 1 aliphatic rings. The number of nitrogens with one attached hydrogen (secondary N) is 1. The molecule has 0 saturated carbocycles. The van der Waals surface area contributed by atoms with E-state index < -0.39 is 0 Å². The van der Waals surface area contributed by atoms with Crippen LogP contribution in [0.15, 0.2) is 12.3 Å². The molecule has 0 bridgehead atoms. The van der Waals surface area contributed by atoms with Gasteiger partial charge in [-0.15, -0.1) is 0 Å². The molecule has 4 heteroatoms. The van der Waals surface area contributed by atoms with Crippen LogP contribution in [0, 0.1) is 0 Å². The summed E-state index contributed by atoms with van der Waals surface area (Å²) in [6.07, 6.45) is 2.39. The van der Waals surface area contributed by atoms with Crippen molar-refractivity contribution in [2.24, 2.45) is 0 Å². The van der Waals surface area contributed by atoms with Crippen LogP contribution in [-0.4, -0.2) is 21.7 Å². The molecule has 1 saturated heterocycles. The third-order valence-electron chi connectivity index (χ3n) is 2.83. The van der Waals surface area contributed by atoms with Gasteiger partial charge in [0.1, 0.15) is 0 Å². The highest BCUT2D eigenvalue weighted by Gasteiger charge is 2.31. The van der Waals surface area contributed by atoms with Crippen molar-refractivity contribution in [2.75, 3.05) is 0 Å². The van der Waals surface area contributed by atoms with E-state index in [-0.39, 0.29) is 17.9 Å². The summed E-state index contributed by atoms with van der Waals surface area (Å²) in [4.78, 5) is 11.2. The number of rotatable bonds is 2. The van der Waals surface area contributed by atoms with Gasteiger partial charge in [0.15, 0.2) is 0 Å². The number of carbonyl (C=O) groups excluding carboxylic acids is 1. The van der Waals surface area contributed by atoms with E-state index in [4.69, 9.17) is 0 Å². The van der Waals surface area contributed by atoms with Crippen molar-refractivity contribution in [3.63, 3.8) is 0 Å². The molecule has 1 aromatic heterocycles. The van der Waals surface area contributed by atoms with Gasteiger partial charge in [0.25, 0.3) is 0 Å². The van der Waals surface area contributed by atoms with Gasteiger partial charge >= 0.3 is 0 Å². The van der Waals surface area contributed by atoms with Crippen molar-refractivity contribution in [3.05, 3.63) is 18.0 Å². The summed E-state index contributed by atoms with van der Waals surface area (Å²) in [5, 5.41) is 7.14. The van der Waals surface area contributed by atoms with Gasteiger partial charge in [0.2, 0.25) is 5.91 Å². The van der Waals surface area contributed by atoms with Gasteiger partial charge in [-0.05, 0) is 19.9 Å². The van der Waals surface area contributed by atoms with Crippen LogP contribution in [0.3, 0.4) is 0 Å². The Morgan fingerprint density at radius 1 is 1.71 bits per heavy atom. The first-order valence-corrected chi connectivity index (χ1v) is 5.03. The standard InChI is InChI=1S/C10H15N3O/c1-3-13-9(4-5-11-13)8-6-10(14)12-7(8)2/h4-5,7-8H,3,6H2,1-2H3,(H,12,14). The minimum Gasteiger partial charge on any atom is -0.353 e. The first-order valence-electron chi connectivity index (χ1n) is 5.03. The van der Waals surface area contributed by atoms with Crippen molar-refractivity contribution in [1.29, 1.82) is 0 Å². The molecule has 1 fully saturated rings. The van der Waals surface area contributed by atoms with Gasteiger partial charge in [-0.2, -0.15) is 5.10 Å². The van der Waals surface area contributed by atoms with E-state index in [0.717, 1.165) is 6.54 Å². The lowest BCUT2D eigenvalue weighted by atomic mass is 9.98. The molecule has 2 unspecified atom stereocenters. The number of hydrogen-bond acceptors (Lipinski definition) is 2. The molecular weight excluding hydrogens is 178 g/mol. The topological polar surface area (TPSA) is 46.9 Å². The average molecular weight is 193 g/mol. The summed E-state index contributed by atoms with van der Waals surface area (Å²) in [5.41, 5.74) is 1.17. The zero-order valence-corrected chi connectivity index (χ0v) is 8.53. The molecule has 2 rings (SSSR count). The molecule has 1 aromatic rings. The smallest absolute Gasteiger partial charge is 0.220 e. The highest BCUT2D eigenvalue weighted by molar-refractivity contribution is 5.80. The van der Waals surface area contributed by atoms with Gasteiger partial charge < -0.3 is 5.32 Å². The van der Waals surface area contributed by atoms with E-state index >= 15 is 0 Å². The zero-order valence-electron chi connectivity index (χ0n) is 8.53. The molecule has 76 valence electrons. The maximum absolute atomic E-state index is 11.2. The van der Waals surface area contributed by atoms with Crippen molar-refractivity contribution in [1.82, 2.24) is 15.1 Å². The Morgan fingerprint density at radius 2 is 2.50 bits per heavy atom. The van der Waals surface area contributed by atoms with Gasteiger partial charge in [-0.3, -0.25) is 9.48 Å². The van der Waals surface area contributed by atoms with E-state index in [2.05, 4.69) is 17.3 Å². The van der Waals surface area contributed by atoms with Crippen LogP contribution in [0.25, 0.3) is 0 Å². The lowest BCUT2D eigenvalue weighted by Crippen LogP contribution is -2.25. The Kier molecular flexibility index (Phi) is 2.27. The summed E-state index contributed by atoms with van der Waals surface area (Å²) in [5.74, 6) is 0.427. The van der Waals surface area contributed by atoms with E-state index in [1.54, 1.807) is 6.20 Å². The van der Waals surface area contributed by atoms with Crippen LogP contribution in [0.4, 0.5) is 0 Å². The highest BCUT2D eigenvalue weighted by atomic mass is 16.2. The second kappa shape index (κ2) is 3.44. The van der Waals surface area contributed by atoms with Gasteiger partial charge in [0.05, 0.1) is 0 Å². The van der Waals surface area contributed by atoms with Crippen molar-refractivity contribution < 1.29 is 4.79 Å². The average Bonchev–Trinajstić information content (AvgIpc) is 2.71. The fourth-order valence-electron chi connectivity index (χ4n) is 2.07. The van der Waals surface area contributed by atoms with E-state index in [9.17, 15) is 4.79 Å². The van der Waals surface area contributed by atoms with Crippen LogP contribution in [-0.2, 0) is 11.3 Å². The Morgan fingerprint density at radius 3 is 3.07 bits per heavy atom. The SMILES string of the molecule is CCn1nccc1C1CC(=O)NC1C. The van der Waals surface area contributed by atoms with Crippen molar-refractivity contribution in [3.8, 4) is 0 Å². The molecule has 1 amide bonds. The minimum absolute atomic E-state index is 0.145. The second-order valence-corrected chi connectivity index (χ2v) is 3.74. The van der Waals surface area contributed by atoms with Crippen molar-refractivity contribution >= 4 is 5.91 Å². The first-order chi connectivity index (χ1) is 6.72. The molecule has 0 aliphatic carbocycles. The quantitative estimate of drug-likeness (QED) is 0.758. The Labute approximate surface area is 83.3 Å². The summed E-state index contributed by atoms with van der Waals surface area (Å²) >= 11 is 0. The molecule has 1 N–H and O–H groups in total. The summed E-state index contributed by atoms with van der Waals surface area (Å²) in [6.45, 7) is 4.97. The molecule has 0 spiro atoms. The van der Waals surface area contributed by atoms with Gasteiger partial charge in [-0.1, -0.05) is 0 Å². The van der Waals surface area contributed by atoms with Crippen molar-refractivity contribution in [2.45, 2.75) is 38.8 Å². The number of aryl methyl sites for hydroxylation is 1. The maximum atomic E-state index is 11.2. The number of hydrogen-bond donors (Lipinski definition) is 1. The predicted molar refractivity (Wildman–Crippen MR) is 52.9 cm³/mol. The number of aromatic nitrogens is 2. The van der Waals surface area contributed by atoms with E-state index in [1.807, 2.05) is 17.7 Å². The van der Waals surface area contributed by atoms with E-state index in [0.29, 0.717) is 6.42 Å². The normalized spacial score (nSPS) is 26.6. The number of carbonyl (C=O) groups is 1. The Balaban J connectivity index is 2.26. The summed E-state index contributed by atoms with van der Waals surface area (Å²) in [6, 6.07) is 2.23. The monoisotopic (exact) mass is 193 g/mol. The molecular formula is C10H15N3O. The van der Waals surface area contributed by atoms with Crippen LogP contribution in [0.5, 0.6) is 0 Å². The third kappa shape index (κ3) is 1.41. The Bertz CT molecular complexity index is 345. The third-order valence-corrected chi connectivity index (χ3v) is 2.83. The number of nitrogens with zero attached hydrogens (tertiary/aromatic N) is 2. The molecule has 0 aromatic carbocycles. The molecule has 2 heterocycles. The predicted octanol–water partition coefficient (Wildman–Crippen LogP) is 0.895. The molecule has 2 atom stereocenters. The fraction of sp³-hybridized carbons (Fsp3) is 0.600. The Hall–Kier alpha value is -1.32. The second-order valence-electron chi connectivity index (χ2n) is 3.74. The highest BCUT2D eigenvalue weighted by Crippen LogP contribution is 2.27. The van der Waals surface area contributed by atoms with Gasteiger partial charge in [0, 0.05) is 36.8 Å². The minimum atomic E-state index is 0.145. The van der Waals surface area contributed by atoms with E-state index in [1.165, 1.54) is 5.69 Å². The summed E-state index contributed by atoms with van der Waals surface area (Å²) < 4.78 is 1.96. The molecule has 4 nitrogen and oxygen atoms in total. The van der Waals surface area contributed by atoms with Crippen LogP contribution in [0.1, 0.15) is 31.9 Å². The largest absolute Gasteiger partial charge is 0.353 e.